The Morgan fingerprint density at radius 3 is 2.48 bits per heavy atom. The Kier molecular flexibility index (Phi) is 5.33. The molecule has 0 aliphatic carbocycles. The van der Waals surface area contributed by atoms with Crippen molar-refractivity contribution in [3.8, 4) is 11.5 Å². The van der Waals surface area contributed by atoms with Gasteiger partial charge in [0.05, 0.1) is 6.54 Å². The smallest absolute Gasteiger partial charge is 0.251 e. The number of amides is 3. The standard InChI is InChI=1S/C21H21N3O5/c25-19(23-15-5-8-17-18(12-15)29-11-10-28-17)13-22-21(27)14-3-6-16(7-4-14)24-9-1-2-20(24)26/h3-8,12H,1-2,9-11,13H2,(H,22,27)(H,23,25). The third-order valence-corrected chi connectivity index (χ3v) is 4.75. The van der Waals surface area contributed by atoms with Gasteiger partial charge in [-0.2, -0.15) is 0 Å². The maximum atomic E-state index is 12.3. The van der Waals surface area contributed by atoms with E-state index in [2.05, 4.69) is 10.6 Å². The first-order valence-electron chi connectivity index (χ1n) is 9.48. The summed E-state index contributed by atoms with van der Waals surface area (Å²) in [6, 6.07) is 11.9. The normalized spacial score (nSPS) is 15.2. The summed E-state index contributed by atoms with van der Waals surface area (Å²) in [5.41, 5.74) is 1.76. The van der Waals surface area contributed by atoms with E-state index in [1.807, 2.05) is 0 Å². The van der Waals surface area contributed by atoms with Crippen LogP contribution in [0, 0.1) is 0 Å². The van der Waals surface area contributed by atoms with E-state index < -0.39 is 0 Å². The van der Waals surface area contributed by atoms with Crippen LogP contribution in [0.3, 0.4) is 0 Å². The van der Waals surface area contributed by atoms with Crippen LogP contribution >= 0.6 is 0 Å². The zero-order chi connectivity index (χ0) is 20.2. The molecule has 2 aliphatic rings. The van der Waals surface area contributed by atoms with Gasteiger partial charge in [-0.05, 0) is 42.8 Å². The molecule has 2 aliphatic heterocycles. The Morgan fingerprint density at radius 1 is 1.00 bits per heavy atom. The van der Waals surface area contributed by atoms with Crippen LogP contribution in [0.4, 0.5) is 11.4 Å². The average Bonchev–Trinajstić information content (AvgIpc) is 3.18. The van der Waals surface area contributed by atoms with Gasteiger partial charge in [0.2, 0.25) is 11.8 Å². The fraction of sp³-hybridized carbons (Fsp3) is 0.286. The molecule has 0 atom stereocenters. The lowest BCUT2D eigenvalue weighted by atomic mass is 10.2. The number of ether oxygens (including phenoxy) is 2. The molecule has 8 heteroatoms. The highest BCUT2D eigenvalue weighted by Crippen LogP contribution is 2.32. The fourth-order valence-electron chi connectivity index (χ4n) is 3.30. The summed E-state index contributed by atoms with van der Waals surface area (Å²) in [5, 5.41) is 5.31. The minimum absolute atomic E-state index is 0.0954. The minimum Gasteiger partial charge on any atom is -0.486 e. The number of nitrogens with zero attached hydrogens (tertiary/aromatic N) is 1. The summed E-state index contributed by atoms with van der Waals surface area (Å²) in [6.45, 7) is 1.50. The van der Waals surface area contributed by atoms with Gasteiger partial charge in [-0.15, -0.1) is 0 Å². The number of hydrogen-bond donors (Lipinski definition) is 2. The van der Waals surface area contributed by atoms with Gasteiger partial charge < -0.3 is 25.0 Å². The van der Waals surface area contributed by atoms with E-state index in [4.69, 9.17) is 9.47 Å². The Morgan fingerprint density at radius 2 is 1.76 bits per heavy atom. The molecule has 2 heterocycles. The van der Waals surface area contributed by atoms with Crippen LogP contribution in [0.25, 0.3) is 0 Å². The molecule has 0 aromatic heterocycles. The van der Waals surface area contributed by atoms with Crippen LogP contribution in [0.15, 0.2) is 42.5 Å². The van der Waals surface area contributed by atoms with Crippen molar-refractivity contribution >= 4 is 29.1 Å². The van der Waals surface area contributed by atoms with Gasteiger partial charge in [0, 0.05) is 36.0 Å². The molecule has 1 saturated heterocycles. The lowest BCUT2D eigenvalue weighted by molar-refractivity contribution is -0.117. The molecule has 1 fully saturated rings. The van der Waals surface area contributed by atoms with E-state index in [0.29, 0.717) is 48.9 Å². The van der Waals surface area contributed by atoms with Crippen LogP contribution in [0.2, 0.25) is 0 Å². The zero-order valence-electron chi connectivity index (χ0n) is 15.8. The van der Waals surface area contributed by atoms with Crippen molar-refractivity contribution in [2.45, 2.75) is 12.8 Å². The lowest BCUT2D eigenvalue weighted by Gasteiger charge is -2.19. The molecule has 3 amide bonds. The van der Waals surface area contributed by atoms with Crippen molar-refractivity contribution in [1.29, 1.82) is 0 Å². The van der Waals surface area contributed by atoms with Gasteiger partial charge in [0.15, 0.2) is 11.5 Å². The molecule has 8 nitrogen and oxygen atoms in total. The zero-order valence-corrected chi connectivity index (χ0v) is 15.8. The Balaban J connectivity index is 1.30. The van der Waals surface area contributed by atoms with Crippen LogP contribution in [0.5, 0.6) is 11.5 Å². The van der Waals surface area contributed by atoms with Crippen molar-refractivity contribution in [3.63, 3.8) is 0 Å². The Bertz CT molecular complexity index is 942. The Hall–Kier alpha value is -3.55. The second-order valence-electron chi connectivity index (χ2n) is 6.79. The highest BCUT2D eigenvalue weighted by atomic mass is 16.6. The first-order chi connectivity index (χ1) is 14.1. The van der Waals surface area contributed by atoms with Gasteiger partial charge in [-0.1, -0.05) is 0 Å². The summed E-state index contributed by atoms with van der Waals surface area (Å²) in [6.07, 6.45) is 1.40. The first-order valence-corrected chi connectivity index (χ1v) is 9.48. The molecule has 29 heavy (non-hydrogen) atoms. The first kappa shape index (κ1) is 18.8. The molecule has 4 rings (SSSR count). The lowest BCUT2D eigenvalue weighted by Crippen LogP contribution is -2.33. The largest absolute Gasteiger partial charge is 0.486 e. The van der Waals surface area contributed by atoms with E-state index in [1.165, 1.54) is 0 Å². The third kappa shape index (κ3) is 4.31. The minimum atomic E-state index is -0.360. The third-order valence-electron chi connectivity index (χ3n) is 4.75. The second-order valence-corrected chi connectivity index (χ2v) is 6.79. The maximum absolute atomic E-state index is 12.3. The quantitative estimate of drug-likeness (QED) is 0.807. The van der Waals surface area contributed by atoms with Gasteiger partial charge in [-0.3, -0.25) is 14.4 Å². The van der Waals surface area contributed by atoms with Crippen molar-refractivity contribution in [3.05, 3.63) is 48.0 Å². The number of benzene rings is 2. The topological polar surface area (TPSA) is 97.0 Å². The summed E-state index contributed by atoms with van der Waals surface area (Å²) >= 11 is 0. The van der Waals surface area contributed by atoms with Crippen molar-refractivity contribution in [1.82, 2.24) is 5.32 Å². The molecule has 2 aromatic rings. The van der Waals surface area contributed by atoms with Crippen LogP contribution in [-0.2, 0) is 9.59 Å². The number of nitrogens with one attached hydrogen (secondary N) is 2. The van der Waals surface area contributed by atoms with E-state index in [9.17, 15) is 14.4 Å². The van der Waals surface area contributed by atoms with Gasteiger partial charge in [0.1, 0.15) is 13.2 Å². The number of fused-ring (bicyclic) bond motifs is 1. The number of rotatable bonds is 5. The molecule has 0 bridgehead atoms. The molecule has 0 saturated carbocycles. The molecule has 2 N–H and O–H groups in total. The number of carbonyl (C=O) groups is 3. The maximum Gasteiger partial charge on any atom is 0.251 e. The number of hydrogen-bond acceptors (Lipinski definition) is 5. The van der Waals surface area contributed by atoms with Gasteiger partial charge in [-0.25, -0.2) is 0 Å². The molecular formula is C21H21N3O5. The second kappa shape index (κ2) is 8.22. The number of anilines is 2. The monoisotopic (exact) mass is 395 g/mol. The van der Waals surface area contributed by atoms with Crippen LogP contribution in [0.1, 0.15) is 23.2 Å². The summed E-state index contributed by atoms with van der Waals surface area (Å²) in [7, 11) is 0. The highest BCUT2D eigenvalue weighted by Gasteiger charge is 2.21. The molecule has 0 spiro atoms. The molecule has 0 unspecified atom stereocenters. The van der Waals surface area contributed by atoms with E-state index in [0.717, 1.165) is 12.1 Å². The van der Waals surface area contributed by atoms with Crippen molar-refractivity contribution in [2.75, 3.05) is 36.5 Å². The summed E-state index contributed by atoms with van der Waals surface area (Å²) in [5.74, 6) is 0.602. The van der Waals surface area contributed by atoms with E-state index in [-0.39, 0.29) is 24.3 Å². The molecule has 0 radical (unpaired) electrons. The predicted molar refractivity (Wildman–Crippen MR) is 106 cm³/mol. The van der Waals surface area contributed by atoms with Crippen molar-refractivity contribution < 1.29 is 23.9 Å². The van der Waals surface area contributed by atoms with Crippen LogP contribution < -0.4 is 25.0 Å². The summed E-state index contributed by atoms with van der Waals surface area (Å²) in [4.78, 5) is 37.9. The van der Waals surface area contributed by atoms with Crippen molar-refractivity contribution in [2.24, 2.45) is 0 Å². The molecule has 150 valence electrons. The molecule has 2 aromatic carbocycles. The van der Waals surface area contributed by atoms with E-state index in [1.54, 1.807) is 47.4 Å². The summed E-state index contributed by atoms with van der Waals surface area (Å²) < 4.78 is 10.9. The Labute approximate surface area is 167 Å². The SMILES string of the molecule is O=C(CNC(=O)c1ccc(N2CCCC2=O)cc1)Nc1ccc2c(c1)OCCO2. The highest BCUT2D eigenvalue weighted by molar-refractivity contribution is 6.00. The fourth-order valence-corrected chi connectivity index (χ4v) is 3.30. The number of carbonyl (C=O) groups excluding carboxylic acids is 3. The average molecular weight is 395 g/mol. The van der Waals surface area contributed by atoms with Gasteiger partial charge >= 0.3 is 0 Å². The van der Waals surface area contributed by atoms with E-state index >= 15 is 0 Å². The predicted octanol–water partition coefficient (Wildman–Crippen LogP) is 1.95. The van der Waals surface area contributed by atoms with Crippen LogP contribution in [-0.4, -0.2) is 44.0 Å². The van der Waals surface area contributed by atoms with Gasteiger partial charge in [0.25, 0.3) is 5.91 Å². The molecular weight excluding hydrogens is 374 g/mol.